The molecule has 0 spiro atoms. The highest BCUT2D eigenvalue weighted by Crippen LogP contribution is 2.29. The van der Waals surface area contributed by atoms with Crippen molar-refractivity contribution in [2.24, 2.45) is 0 Å². The highest BCUT2D eigenvalue weighted by Gasteiger charge is 2.18. The van der Waals surface area contributed by atoms with Crippen molar-refractivity contribution in [3.8, 4) is 0 Å². The van der Waals surface area contributed by atoms with Gasteiger partial charge in [-0.15, -0.1) is 0 Å². The lowest BCUT2D eigenvalue weighted by atomic mass is 10.1. The first kappa shape index (κ1) is 12.7. The molecule has 1 aromatic heterocycles. The first-order valence-corrected chi connectivity index (χ1v) is 5.42. The summed E-state index contributed by atoms with van der Waals surface area (Å²) in [5.41, 5.74) is 0.599. The van der Waals surface area contributed by atoms with Crippen LogP contribution in [0.3, 0.4) is 0 Å². The van der Waals surface area contributed by atoms with E-state index in [9.17, 15) is 14.9 Å². The van der Waals surface area contributed by atoms with Crippen LogP contribution in [0.25, 0.3) is 10.9 Å². The number of pyridine rings is 1. The zero-order valence-corrected chi connectivity index (χ0v) is 10.3. The van der Waals surface area contributed by atoms with Crippen molar-refractivity contribution in [1.82, 2.24) is 4.98 Å². The summed E-state index contributed by atoms with van der Waals surface area (Å²) in [5, 5.41) is 14.5. The van der Waals surface area contributed by atoms with E-state index in [0.717, 1.165) is 0 Å². The van der Waals surface area contributed by atoms with Crippen molar-refractivity contribution in [3.63, 3.8) is 0 Å². The third-order valence-corrected chi connectivity index (χ3v) is 2.68. The number of aromatic nitrogens is 1. The summed E-state index contributed by atoms with van der Waals surface area (Å²) in [6.45, 7) is 0. The molecule has 0 fully saturated rings. The van der Waals surface area contributed by atoms with Crippen molar-refractivity contribution in [3.05, 3.63) is 40.1 Å². The number of anilines is 1. The lowest BCUT2D eigenvalue weighted by Gasteiger charge is -2.08. The number of benzene rings is 1. The molecule has 0 bridgehead atoms. The summed E-state index contributed by atoms with van der Waals surface area (Å²) in [5.74, 6) is -0.642. The molecule has 0 unspecified atom stereocenters. The van der Waals surface area contributed by atoms with E-state index in [1.54, 1.807) is 19.2 Å². The topological polar surface area (TPSA) is 94.4 Å². The zero-order valence-electron chi connectivity index (χ0n) is 10.3. The predicted molar refractivity (Wildman–Crippen MR) is 69.3 cm³/mol. The van der Waals surface area contributed by atoms with Gasteiger partial charge in [0.05, 0.1) is 12.0 Å². The maximum absolute atomic E-state index is 11.5. The smallest absolute Gasteiger partial charge is 0.356 e. The number of nitrogens with zero attached hydrogens (tertiary/aromatic N) is 2. The number of esters is 1. The minimum absolute atomic E-state index is 0.0219. The average Bonchev–Trinajstić information content (AvgIpc) is 2.44. The van der Waals surface area contributed by atoms with Crippen molar-refractivity contribution in [1.29, 1.82) is 0 Å². The van der Waals surface area contributed by atoms with Crippen LogP contribution >= 0.6 is 0 Å². The maximum atomic E-state index is 11.5. The van der Waals surface area contributed by atoms with Crippen LogP contribution in [0.5, 0.6) is 0 Å². The van der Waals surface area contributed by atoms with Gasteiger partial charge in [0.1, 0.15) is 0 Å². The first-order valence-electron chi connectivity index (χ1n) is 5.42. The molecule has 7 heteroatoms. The first-order chi connectivity index (χ1) is 9.08. The average molecular weight is 261 g/mol. The summed E-state index contributed by atoms with van der Waals surface area (Å²) in [6, 6.07) is 6.11. The lowest BCUT2D eigenvalue weighted by molar-refractivity contribution is -0.383. The highest BCUT2D eigenvalue weighted by molar-refractivity contribution is 6.00. The number of fused-ring (bicyclic) bond motifs is 1. The molecular weight excluding hydrogens is 250 g/mol. The van der Waals surface area contributed by atoms with Crippen LogP contribution in [0.15, 0.2) is 24.3 Å². The number of hydrogen-bond donors (Lipinski definition) is 1. The van der Waals surface area contributed by atoms with E-state index in [1.807, 2.05) is 0 Å². The fourth-order valence-corrected chi connectivity index (χ4v) is 1.80. The van der Waals surface area contributed by atoms with Crippen LogP contribution in [0.2, 0.25) is 0 Å². The third kappa shape index (κ3) is 2.17. The number of ether oxygens (including phenoxy) is 1. The molecule has 0 aliphatic carbocycles. The van der Waals surface area contributed by atoms with Crippen molar-refractivity contribution < 1.29 is 14.5 Å². The highest BCUT2D eigenvalue weighted by atomic mass is 16.6. The molecule has 0 saturated heterocycles. The SMILES string of the molecule is CNc1cc(C(=O)OC)nc2c([N+](=O)[O-])cccc12. The standard InChI is InChI=1S/C12H11N3O4/c1-13-8-6-9(12(16)19-2)14-11-7(8)4-3-5-10(11)15(17)18/h3-6H,1-2H3,(H,13,14). The number of nitro groups is 1. The van der Waals surface area contributed by atoms with Crippen LogP contribution in [-0.4, -0.2) is 30.0 Å². The molecule has 1 aromatic carbocycles. The molecule has 98 valence electrons. The molecule has 1 heterocycles. The quantitative estimate of drug-likeness (QED) is 0.515. The molecule has 2 aromatic rings. The number of para-hydroxylation sites is 1. The van der Waals surface area contributed by atoms with Gasteiger partial charge in [0.25, 0.3) is 5.69 Å². The summed E-state index contributed by atoms with van der Waals surface area (Å²) < 4.78 is 4.59. The molecule has 0 aliphatic rings. The Labute approximate surface area is 108 Å². The molecule has 7 nitrogen and oxygen atoms in total. The number of methoxy groups -OCH3 is 1. The van der Waals surface area contributed by atoms with E-state index >= 15 is 0 Å². The molecule has 0 aliphatic heterocycles. The number of carbonyl (C=O) groups is 1. The van der Waals surface area contributed by atoms with Gasteiger partial charge in [-0.1, -0.05) is 12.1 Å². The zero-order chi connectivity index (χ0) is 14.0. The van der Waals surface area contributed by atoms with Gasteiger partial charge in [0.15, 0.2) is 11.2 Å². The monoisotopic (exact) mass is 261 g/mol. The largest absolute Gasteiger partial charge is 0.464 e. The van der Waals surface area contributed by atoms with Gasteiger partial charge in [-0.2, -0.15) is 0 Å². The van der Waals surface area contributed by atoms with Gasteiger partial charge in [-0.25, -0.2) is 9.78 Å². The predicted octanol–water partition coefficient (Wildman–Crippen LogP) is 1.97. The fraction of sp³-hybridized carbons (Fsp3) is 0.167. The minimum Gasteiger partial charge on any atom is -0.464 e. The van der Waals surface area contributed by atoms with Crippen molar-refractivity contribution in [2.75, 3.05) is 19.5 Å². The van der Waals surface area contributed by atoms with Gasteiger partial charge in [-0.3, -0.25) is 10.1 Å². The molecular formula is C12H11N3O4. The Morgan fingerprint density at radius 2 is 2.21 bits per heavy atom. The maximum Gasteiger partial charge on any atom is 0.356 e. The minimum atomic E-state index is -0.642. The van der Waals surface area contributed by atoms with Gasteiger partial charge in [0.2, 0.25) is 0 Å². The third-order valence-electron chi connectivity index (χ3n) is 2.68. The Hall–Kier alpha value is -2.70. The summed E-state index contributed by atoms with van der Waals surface area (Å²) in [6.07, 6.45) is 0. The van der Waals surface area contributed by atoms with E-state index < -0.39 is 10.9 Å². The summed E-state index contributed by atoms with van der Waals surface area (Å²) >= 11 is 0. The normalized spacial score (nSPS) is 10.2. The molecule has 19 heavy (non-hydrogen) atoms. The van der Waals surface area contributed by atoms with Gasteiger partial charge >= 0.3 is 5.97 Å². The van der Waals surface area contributed by atoms with E-state index in [-0.39, 0.29) is 16.9 Å². The Morgan fingerprint density at radius 1 is 1.47 bits per heavy atom. The Kier molecular flexibility index (Phi) is 3.28. The summed E-state index contributed by atoms with van der Waals surface area (Å²) in [4.78, 5) is 26.0. The van der Waals surface area contributed by atoms with E-state index in [0.29, 0.717) is 11.1 Å². The van der Waals surface area contributed by atoms with Crippen LogP contribution in [-0.2, 0) is 4.74 Å². The molecule has 0 amide bonds. The number of rotatable bonds is 3. The second-order valence-corrected chi connectivity index (χ2v) is 3.73. The molecule has 0 atom stereocenters. The van der Waals surface area contributed by atoms with E-state index in [2.05, 4.69) is 15.0 Å². The van der Waals surface area contributed by atoms with Crippen molar-refractivity contribution >= 4 is 28.2 Å². The van der Waals surface area contributed by atoms with Gasteiger partial charge in [-0.05, 0) is 6.07 Å². The van der Waals surface area contributed by atoms with E-state index in [4.69, 9.17) is 0 Å². The Morgan fingerprint density at radius 3 is 2.79 bits per heavy atom. The molecule has 1 N–H and O–H groups in total. The molecule has 0 radical (unpaired) electrons. The number of carbonyl (C=O) groups excluding carboxylic acids is 1. The number of non-ortho nitro benzene ring substituents is 1. The molecule has 0 saturated carbocycles. The number of nitro benzene ring substituents is 1. The Bertz CT molecular complexity index is 669. The van der Waals surface area contributed by atoms with Crippen LogP contribution < -0.4 is 5.32 Å². The van der Waals surface area contributed by atoms with Crippen LogP contribution in [0, 0.1) is 10.1 Å². The van der Waals surface area contributed by atoms with Crippen molar-refractivity contribution in [2.45, 2.75) is 0 Å². The lowest BCUT2D eigenvalue weighted by Crippen LogP contribution is -2.06. The van der Waals surface area contributed by atoms with Gasteiger partial charge in [0, 0.05) is 24.2 Å². The van der Waals surface area contributed by atoms with E-state index in [1.165, 1.54) is 19.2 Å². The van der Waals surface area contributed by atoms with Crippen LogP contribution in [0.1, 0.15) is 10.5 Å². The molecule has 2 rings (SSSR count). The van der Waals surface area contributed by atoms with Gasteiger partial charge < -0.3 is 10.1 Å². The van der Waals surface area contributed by atoms with Crippen LogP contribution in [0.4, 0.5) is 11.4 Å². The number of nitrogens with one attached hydrogen (secondary N) is 1. The fourth-order valence-electron chi connectivity index (χ4n) is 1.80. The second-order valence-electron chi connectivity index (χ2n) is 3.73. The number of hydrogen-bond acceptors (Lipinski definition) is 6. The Balaban J connectivity index is 2.82. The summed E-state index contributed by atoms with van der Waals surface area (Å²) in [7, 11) is 2.89. The second kappa shape index (κ2) is 4.89.